The van der Waals surface area contributed by atoms with Crippen LogP contribution in [0.3, 0.4) is 0 Å². The van der Waals surface area contributed by atoms with Crippen LogP contribution in [-0.4, -0.2) is 24.6 Å². The first-order valence-corrected chi connectivity index (χ1v) is 7.88. The Hall–Kier alpha value is -2.18. The Kier molecular flexibility index (Phi) is 4.50. The first-order chi connectivity index (χ1) is 10.7. The van der Waals surface area contributed by atoms with Crippen molar-refractivity contribution in [1.29, 1.82) is 0 Å². The van der Waals surface area contributed by atoms with Crippen LogP contribution in [0.2, 0.25) is 0 Å². The van der Waals surface area contributed by atoms with Crippen molar-refractivity contribution in [2.45, 2.75) is 18.9 Å². The number of carbonyl (C=O) groups is 2. The molecule has 1 fully saturated rings. The molecule has 2 heterocycles. The number of esters is 1. The topological polar surface area (TPSA) is 64.6 Å². The summed E-state index contributed by atoms with van der Waals surface area (Å²) in [6, 6.07) is 10.3. The molecule has 0 aliphatic carbocycles. The highest BCUT2D eigenvalue weighted by Crippen LogP contribution is 2.20. The number of rotatable bonds is 4. The lowest BCUT2D eigenvalue weighted by molar-refractivity contribution is -0.144. The van der Waals surface area contributed by atoms with Crippen molar-refractivity contribution < 1.29 is 19.1 Å². The number of benzene rings is 1. The van der Waals surface area contributed by atoms with Crippen LogP contribution in [0.1, 0.15) is 22.5 Å². The maximum absolute atomic E-state index is 11.9. The van der Waals surface area contributed by atoms with E-state index in [0.29, 0.717) is 29.3 Å². The molecule has 2 aromatic rings. The molecule has 0 radical (unpaired) electrons. The zero-order valence-electron chi connectivity index (χ0n) is 11.8. The molecule has 1 unspecified atom stereocenters. The largest absolute Gasteiger partial charge is 0.425 e. The van der Waals surface area contributed by atoms with E-state index in [4.69, 9.17) is 9.47 Å². The molecule has 1 N–H and O–H groups in total. The molecule has 114 valence electrons. The zero-order valence-corrected chi connectivity index (χ0v) is 12.6. The van der Waals surface area contributed by atoms with Gasteiger partial charge < -0.3 is 14.8 Å². The van der Waals surface area contributed by atoms with E-state index in [2.05, 4.69) is 5.32 Å². The number of anilines is 1. The van der Waals surface area contributed by atoms with Gasteiger partial charge in [0.1, 0.15) is 5.75 Å². The summed E-state index contributed by atoms with van der Waals surface area (Å²) in [4.78, 5) is 24.4. The van der Waals surface area contributed by atoms with E-state index in [9.17, 15) is 9.59 Å². The molecule has 22 heavy (non-hydrogen) atoms. The van der Waals surface area contributed by atoms with Crippen LogP contribution in [0, 0.1) is 0 Å². The van der Waals surface area contributed by atoms with Crippen molar-refractivity contribution >= 4 is 28.9 Å². The molecule has 6 heteroatoms. The van der Waals surface area contributed by atoms with Crippen molar-refractivity contribution in [3.8, 4) is 5.75 Å². The van der Waals surface area contributed by atoms with Gasteiger partial charge in [-0.25, -0.2) is 4.79 Å². The summed E-state index contributed by atoms with van der Waals surface area (Å²) in [7, 11) is 0. The molecular weight excluding hydrogens is 302 g/mol. The van der Waals surface area contributed by atoms with Crippen LogP contribution in [0.5, 0.6) is 5.75 Å². The van der Waals surface area contributed by atoms with Crippen LogP contribution < -0.4 is 10.1 Å². The van der Waals surface area contributed by atoms with E-state index in [1.807, 2.05) is 11.4 Å². The number of nitrogens with one attached hydrogen (secondary N) is 1. The van der Waals surface area contributed by atoms with Gasteiger partial charge in [0.2, 0.25) is 0 Å². The summed E-state index contributed by atoms with van der Waals surface area (Å²) < 4.78 is 10.5. The van der Waals surface area contributed by atoms with Crippen molar-refractivity contribution in [1.82, 2.24) is 0 Å². The Bertz CT molecular complexity index is 645. The maximum atomic E-state index is 11.9. The third-order valence-electron chi connectivity index (χ3n) is 3.27. The molecule has 1 saturated heterocycles. The minimum absolute atomic E-state index is 0.154. The molecule has 1 atom stereocenters. The number of ether oxygens (including phenoxy) is 2. The number of hydrogen-bond acceptors (Lipinski definition) is 5. The lowest BCUT2D eigenvalue weighted by Crippen LogP contribution is -2.24. The fourth-order valence-electron chi connectivity index (χ4n) is 2.15. The lowest BCUT2D eigenvalue weighted by atomic mass is 10.2. The third kappa shape index (κ3) is 3.52. The second kappa shape index (κ2) is 6.72. The Morgan fingerprint density at radius 3 is 2.68 bits per heavy atom. The molecule has 0 spiro atoms. The zero-order chi connectivity index (χ0) is 15.4. The molecule has 3 rings (SSSR count). The van der Waals surface area contributed by atoms with E-state index < -0.39 is 6.10 Å². The summed E-state index contributed by atoms with van der Waals surface area (Å²) in [5.41, 5.74) is 0.648. The Labute approximate surface area is 131 Å². The SMILES string of the molecule is O=C(Nc1ccc(OC(=O)C2CCCO2)cc1)c1cccs1. The van der Waals surface area contributed by atoms with E-state index in [-0.39, 0.29) is 11.9 Å². The van der Waals surface area contributed by atoms with E-state index in [0.717, 1.165) is 6.42 Å². The van der Waals surface area contributed by atoms with Gasteiger partial charge in [0.25, 0.3) is 5.91 Å². The first-order valence-electron chi connectivity index (χ1n) is 7.00. The van der Waals surface area contributed by atoms with Gasteiger partial charge in [-0.1, -0.05) is 6.07 Å². The number of thiophene rings is 1. The van der Waals surface area contributed by atoms with Gasteiger partial charge >= 0.3 is 5.97 Å². The Balaban J connectivity index is 1.58. The van der Waals surface area contributed by atoms with Crippen LogP contribution in [0.15, 0.2) is 41.8 Å². The Morgan fingerprint density at radius 2 is 2.05 bits per heavy atom. The number of amides is 1. The molecule has 0 bridgehead atoms. The van der Waals surface area contributed by atoms with Crippen molar-refractivity contribution in [3.05, 3.63) is 46.7 Å². The quantitative estimate of drug-likeness (QED) is 0.695. The van der Waals surface area contributed by atoms with Gasteiger partial charge in [-0.3, -0.25) is 4.79 Å². The highest BCUT2D eigenvalue weighted by Gasteiger charge is 2.25. The van der Waals surface area contributed by atoms with Gasteiger partial charge in [-0.05, 0) is 48.6 Å². The van der Waals surface area contributed by atoms with Crippen molar-refractivity contribution in [2.24, 2.45) is 0 Å². The fourth-order valence-corrected chi connectivity index (χ4v) is 2.77. The van der Waals surface area contributed by atoms with Crippen LogP contribution in [0.4, 0.5) is 5.69 Å². The standard InChI is InChI=1S/C16H15NO4S/c18-15(14-4-2-10-22-14)17-11-5-7-12(8-6-11)21-16(19)13-3-1-9-20-13/h2,4-8,10,13H,1,3,9H2,(H,17,18). The molecule has 1 aliphatic rings. The van der Waals surface area contributed by atoms with Crippen LogP contribution in [-0.2, 0) is 9.53 Å². The smallest absolute Gasteiger partial charge is 0.340 e. The molecule has 1 aliphatic heterocycles. The molecule has 1 aromatic carbocycles. The van der Waals surface area contributed by atoms with E-state index in [1.165, 1.54) is 11.3 Å². The van der Waals surface area contributed by atoms with Crippen molar-refractivity contribution in [2.75, 3.05) is 11.9 Å². The molecular formula is C16H15NO4S. The predicted molar refractivity (Wildman–Crippen MR) is 83.3 cm³/mol. The normalized spacial score (nSPS) is 17.2. The lowest BCUT2D eigenvalue weighted by Gasteiger charge is -2.10. The van der Waals surface area contributed by atoms with Crippen LogP contribution in [0.25, 0.3) is 0 Å². The van der Waals surface area contributed by atoms with Crippen LogP contribution >= 0.6 is 11.3 Å². The molecule has 1 aromatic heterocycles. The van der Waals surface area contributed by atoms with Gasteiger partial charge in [-0.15, -0.1) is 11.3 Å². The Morgan fingerprint density at radius 1 is 1.23 bits per heavy atom. The predicted octanol–water partition coefficient (Wildman–Crippen LogP) is 3.08. The average molecular weight is 317 g/mol. The monoisotopic (exact) mass is 317 g/mol. The maximum Gasteiger partial charge on any atom is 0.340 e. The summed E-state index contributed by atoms with van der Waals surface area (Å²) in [5, 5.41) is 4.64. The summed E-state index contributed by atoms with van der Waals surface area (Å²) in [6.45, 7) is 0.605. The molecule has 1 amide bonds. The fraction of sp³-hybridized carbons (Fsp3) is 0.250. The van der Waals surface area contributed by atoms with Crippen molar-refractivity contribution in [3.63, 3.8) is 0 Å². The number of carbonyl (C=O) groups excluding carboxylic acids is 2. The average Bonchev–Trinajstić information content (AvgIpc) is 3.23. The van der Waals surface area contributed by atoms with E-state index in [1.54, 1.807) is 30.3 Å². The van der Waals surface area contributed by atoms with Gasteiger partial charge in [-0.2, -0.15) is 0 Å². The third-order valence-corrected chi connectivity index (χ3v) is 4.14. The van der Waals surface area contributed by atoms with Gasteiger partial charge in [0, 0.05) is 12.3 Å². The minimum atomic E-state index is -0.460. The number of hydrogen-bond donors (Lipinski definition) is 1. The van der Waals surface area contributed by atoms with Gasteiger partial charge in [0.05, 0.1) is 4.88 Å². The second-order valence-corrected chi connectivity index (χ2v) is 5.83. The molecule has 5 nitrogen and oxygen atoms in total. The summed E-state index contributed by atoms with van der Waals surface area (Å²) in [5.74, 6) is -0.0819. The second-order valence-electron chi connectivity index (χ2n) is 4.88. The van der Waals surface area contributed by atoms with Gasteiger partial charge in [0.15, 0.2) is 6.10 Å². The highest BCUT2D eigenvalue weighted by atomic mass is 32.1. The van der Waals surface area contributed by atoms with E-state index >= 15 is 0 Å². The minimum Gasteiger partial charge on any atom is -0.425 e. The summed E-state index contributed by atoms with van der Waals surface area (Å²) >= 11 is 1.38. The highest BCUT2D eigenvalue weighted by molar-refractivity contribution is 7.12. The first kappa shape index (κ1) is 14.7. The molecule has 0 saturated carbocycles. The summed E-state index contributed by atoms with van der Waals surface area (Å²) in [6.07, 6.45) is 1.12.